The molecule has 26 heavy (non-hydrogen) atoms. The third-order valence-electron chi connectivity index (χ3n) is 4.94. The lowest BCUT2D eigenvalue weighted by atomic mass is 10.0. The molecule has 2 N–H and O–H groups in total. The number of aromatic nitrogens is 2. The van der Waals surface area contributed by atoms with E-state index < -0.39 is 0 Å². The van der Waals surface area contributed by atoms with Crippen LogP contribution in [0, 0.1) is 6.92 Å². The van der Waals surface area contributed by atoms with Gasteiger partial charge in [0.25, 0.3) is 0 Å². The molecule has 0 fully saturated rings. The minimum Gasteiger partial charge on any atom is -0.330 e. The van der Waals surface area contributed by atoms with Crippen molar-refractivity contribution >= 4 is 11.7 Å². The zero-order chi connectivity index (χ0) is 18.1. The van der Waals surface area contributed by atoms with Crippen LogP contribution in [0.3, 0.4) is 0 Å². The van der Waals surface area contributed by atoms with Crippen LogP contribution in [0.5, 0.6) is 0 Å². The van der Waals surface area contributed by atoms with Gasteiger partial charge in [-0.2, -0.15) is 0 Å². The second-order valence-corrected chi connectivity index (χ2v) is 6.82. The van der Waals surface area contributed by atoms with E-state index in [0.717, 1.165) is 23.5 Å². The molecule has 0 aliphatic carbocycles. The molecule has 2 unspecified atom stereocenters. The van der Waals surface area contributed by atoms with E-state index in [0.29, 0.717) is 6.04 Å². The van der Waals surface area contributed by atoms with Crippen LogP contribution < -0.4 is 10.6 Å². The molecular weight excluding hydrogens is 324 g/mol. The number of carbonyl (C=O) groups excluding carboxylic acids is 1. The third-order valence-corrected chi connectivity index (χ3v) is 4.94. The lowest BCUT2D eigenvalue weighted by molar-refractivity contribution is 0.248. The van der Waals surface area contributed by atoms with Gasteiger partial charge in [-0.3, -0.25) is 0 Å². The molecule has 3 aromatic rings. The van der Waals surface area contributed by atoms with E-state index >= 15 is 0 Å². The van der Waals surface area contributed by atoms with Crippen molar-refractivity contribution in [3.63, 3.8) is 0 Å². The van der Waals surface area contributed by atoms with E-state index in [-0.39, 0.29) is 12.1 Å². The Morgan fingerprint density at radius 1 is 1.19 bits per heavy atom. The number of hydrogen-bond acceptors (Lipinski definition) is 2. The zero-order valence-corrected chi connectivity index (χ0v) is 14.9. The highest BCUT2D eigenvalue weighted by atomic mass is 16.2. The van der Waals surface area contributed by atoms with Gasteiger partial charge >= 0.3 is 6.03 Å². The maximum atomic E-state index is 12.4. The lowest BCUT2D eigenvalue weighted by Crippen LogP contribution is -2.32. The first kappa shape index (κ1) is 16.4. The summed E-state index contributed by atoms with van der Waals surface area (Å²) >= 11 is 0. The van der Waals surface area contributed by atoms with E-state index in [4.69, 9.17) is 0 Å². The molecule has 5 heteroatoms. The monoisotopic (exact) mass is 346 g/mol. The minimum absolute atomic E-state index is 0.0512. The molecule has 2 amide bonds. The van der Waals surface area contributed by atoms with E-state index in [1.165, 1.54) is 11.1 Å². The average molecular weight is 346 g/mol. The normalized spacial score (nSPS) is 18.4. The molecule has 132 valence electrons. The fourth-order valence-corrected chi connectivity index (χ4v) is 3.66. The molecule has 0 spiro atoms. The van der Waals surface area contributed by atoms with Gasteiger partial charge in [0.05, 0.1) is 6.04 Å². The second-order valence-electron chi connectivity index (χ2n) is 6.82. The molecule has 0 saturated heterocycles. The van der Waals surface area contributed by atoms with Gasteiger partial charge in [0.15, 0.2) is 0 Å². The maximum absolute atomic E-state index is 12.4. The highest BCUT2D eigenvalue weighted by molar-refractivity contribution is 5.90. The third kappa shape index (κ3) is 3.08. The minimum atomic E-state index is -0.203. The maximum Gasteiger partial charge on any atom is 0.319 e. The highest BCUT2D eigenvalue weighted by Crippen LogP contribution is 2.32. The number of nitrogens with zero attached hydrogens (tertiary/aromatic N) is 2. The number of fused-ring (bicyclic) bond motifs is 1. The summed E-state index contributed by atoms with van der Waals surface area (Å²) in [6.45, 7) is 4.19. The molecule has 4 rings (SSSR count). The SMILES string of the molecule is Cc1cc(NC(=O)NC2CC(C)n3ccnc32)ccc1-c1ccccc1. The zero-order valence-electron chi connectivity index (χ0n) is 14.9. The van der Waals surface area contributed by atoms with Crippen molar-refractivity contribution in [1.29, 1.82) is 0 Å². The lowest BCUT2D eigenvalue weighted by Gasteiger charge is -2.14. The van der Waals surface area contributed by atoms with Gasteiger partial charge in [-0.25, -0.2) is 9.78 Å². The predicted molar refractivity (Wildman–Crippen MR) is 103 cm³/mol. The summed E-state index contributed by atoms with van der Waals surface area (Å²) < 4.78 is 2.11. The van der Waals surface area contributed by atoms with Crippen molar-refractivity contribution in [3.8, 4) is 11.1 Å². The fraction of sp³-hybridized carbons (Fsp3) is 0.238. The highest BCUT2D eigenvalue weighted by Gasteiger charge is 2.30. The Balaban J connectivity index is 1.45. The first-order valence-corrected chi connectivity index (χ1v) is 8.88. The quantitative estimate of drug-likeness (QED) is 0.723. The number of benzene rings is 2. The van der Waals surface area contributed by atoms with Crippen molar-refractivity contribution in [2.75, 3.05) is 5.32 Å². The first-order chi connectivity index (χ1) is 12.6. The van der Waals surface area contributed by atoms with Crippen molar-refractivity contribution in [2.24, 2.45) is 0 Å². The smallest absolute Gasteiger partial charge is 0.319 e. The molecule has 0 radical (unpaired) electrons. The number of nitrogens with one attached hydrogen (secondary N) is 2. The predicted octanol–water partition coefficient (Wildman–Crippen LogP) is 4.69. The number of imidazole rings is 1. The number of amides is 2. The molecule has 1 aliphatic heterocycles. The molecule has 1 aromatic heterocycles. The molecule has 2 heterocycles. The number of hydrogen-bond donors (Lipinski definition) is 2. The standard InChI is InChI=1S/C21H22N4O/c1-14-12-17(8-9-18(14)16-6-4-3-5-7-16)23-21(26)24-19-13-15(2)25-11-10-22-20(19)25/h3-12,15,19H,13H2,1-2H3,(H2,23,24,26). The Bertz CT molecular complexity index is 932. The van der Waals surface area contributed by atoms with Crippen LogP contribution in [0.2, 0.25) is 0 Å². The van der Waals surface area contributed by atoms with Gasteiger partial charge in [0, 0.05) is 24.1 Å². The molecule has 2 atom stereocenters. The van der Waals surface area contributed by atoms with Crippen molar-refractivity contribution in [3.05, 3.63) is 72.3 Å². The summed E-state index contributed by atoms with van der Waals surface area (Å²) in [6.07, 6.45) is 4.61. The number of rotatable bonds is 3. The molecule has 2 aromatic carbocycles. The summed E-state index contributed by atoms with van der Waals surface area (Å²) in [7, 11) is 0. The van der Waals surface area contributed by atoms with Crippen LogP contribution in [0.4, 0.5) is 10.5 Å². The van der Waals surface area contributed by atoms with E-state index in [1.54, 1.807) is 6.20 Å². The van der Waals surface area contributed by atoms with Crippen LogP contribution in [-0.4, -0.2) is 15.6 Å². The number of urea groups is 1. The van der Waals surface area contributed by atoms with Gasteiger partial charge in [-0.05, 0) is 49.1 Å². The number of aryl methyl sites for hydroxylation is 1. The van der Waals surface area contributed by atoms with Crippen LogP contribution >= 0.6 is 0 Å². The largest absolute Gasteiger partial charge is 0.330 e. The van der Waals surface area contributed by atoms with Crippen molar-refractivity contribution in [2.45, 2.75) is 32.4 Å². The molecule has 0 bridgehead atoms. The Hall–Kier alpha value is -3.08. The van der Waals surface area contributed by atoms with E-state index in [9.17, 15) is 4.79 Å². The van der Waals surface area contributed by atoms with E-state index in [2.05, 4.69) is 46.2 Å². The second kappa shape index (κ2) is 6.67. The van der Waals surface area contributed by atoms with Gasteiger partial charge in [0.1, 0.15) is 5.82 Å². The fourth-order valence-electron chi connectivity index (χ4n) is 3.66. The Labute approximate surface area is 153 Å². The topological polar surface area (TPSA) is 59.0 Å². The van der Waals surface area contributed by atoms with Gasteiger partial charge in [-0.15, -0.1) is 0 Å². The summed E-state index contributed by atoms with van der Waals surface area (Å²) in [5, 5.41) is 5.97. The van der Waals surface area contributed by atoms with Gasteiger partial charge in [-0.1, -0.05) is 36.4 Å². The summed E-state index contributed by atoms with van der Waals surface area (Å²) in [5.41, 5.74) is 4.25. The Kier molecular flexibility index (Phi) is 4.21. The summed E-state index contributed by atoms with van der Waals surface area (Å²) in [5.74, 6) is 0.920. The number of anilines is 1. The van der Waals surface area contributed by atoms with Crippen molar-refractivity contribution in [1.82, 2.24) is 14.9 Å². The van der Waals surface area contributed by atoms with Crippen molar-refractivity contribution < 1.29 is 4.79 Å². The summed E-state index contributed by atoms with van der Waals surface area (Å²) in [6, 6.07) is 16.3. The molecular formula is C21H22N4O. The molecule has 1 aliphatic rings. The van der Waals surface area contributed by atoms with E-state index in [1.807, 2.05) is 42.6 Å². The van der Waals surface area contributed by atoms with Crippen LogP contribution in [0.25, 0.3) is 11.1 Å². The van der Waals surface area contributed by atoms with Crippen LogP contribution in [-0.2, 0) is 0 Å². The first-order valence-electron chi connectivity index (χ1n) is 8.88. The van der Waals surface area contributed by atoms with Crippen LogP contribution in [0.15, 0.2) is 60.9 Å². The number of carbonyl (C=O) groups is 1. The Morgan fingerprint density at radius 3 is 2.77 bits per heavy atom. The van der Waals surface area contributed by atoms with Gasteiger partial charge in [0.2, 0.25) is 0 Å². The molecule has 5 nitrogen and oxygen atoms in total. The van der Waals surface area contributed by atoms with Gasteiger partial charge < -0.3 is 15.2 Å². The molecule has 0 saturated carbocycles. The average Bonchev–Trinajstić information content (AvgIpc) is 3.21. The van der Waals surface area contributed by atoms with Crippen LogP contribution in [0.1, 0.15) is 36.8 Å². The Morgan fingerprint density at radius 2 is 2.00 bits per heavy atom. The summed E-state index contributed by atoms with van der Waals surface area (Å²) in [4.78, 5) is 16.8.